The first-order chi connectivity index (χ1) is 7.83. The summed E-state index contributed by atoms with van der Waals surface area (Å²) in [4.78, 5) is 4.41. The fourth-order valence-corrected chi connectivity index (χ4v) is 0.794. The molecule has 1 rings (SSSR count). The number of rotatable bonds is 1. The van der Waals surface area contributed by atoms with Crippen LogP contribution >= 0.6 is 0 Å². The molecule has 19 heavy (non-hydrogen) atoms. The molecule has 1 heterocycles. The van der Waals surface area contributed by atoms with E-state index in [2.05, 4.69) is 36.2 Å². The van der Waals surface area contributed by atoms with Gasteiger partial charge in [-0.05, 0) is 6.92 Å². The Bertz CT molecular complexity index is 222. The van der Waals surface area contributed by atoms with Crippen molar-refractivity contribution >= 4 is 44.1 Å². The molecule has 0 spiro atoms. The molecule has 0 saturated heterocycles. The van der Waals surface area contributed by atoms with Gasteiger partial charge in [-0.25, -0.2) is 0 Å². The molecule has 2 nitrogen and oxygen atoms in total. The van der Waals surface area contributed by atoms with E-state index in [0.29, 0.717) is 0 Å². The van der Waals surface area contributed by atoms with Gasteiger partial charge in [0, 0.05) is 26.0 Å². The number of nitrogens with zero attached hydrogens (tertiary/aromatic N) is 2. The van der Waals surface area contributed by atoms with Crippen molar-refractivity contribution in [3.8, 4) is 0 Å². The van der Waals surface area contributed by atoms with Crippen LogP contribution in [0.4, 0.5) is 34.5 Å². The van der Waals surface area contributed by atoms with E-state index >= 15 is 0 Å². The molecule has 0 aromatic carbocycles. The summed E-state index contributed by atoms with van der Waals surface area (Å²) in [5, 5.41) is 0. The van der Waals surface area contributed by atoms with E-state index in [0.717, 1.165) is 13.2 Å². The zero-order valence-corrected chi connectivity index (χ0v) is 9.64. The van der Waals surface area contributed by atoms with Crippen LogP contribution in [0.15, 0.2) is 12.4 Å². The summed E-state index contributed by atoms with van der Waals surface area (Å²) in [5.74, 6) is 0. The van der Waals surface area contributed by atoms with Gasteiger partial charge in [0.1, 0.15) is 0 Å². The van der Waals surface area contributed by atoms with Gasteiger partial charge in [-0.3, -0.25) is 0 Å². The quantitative estimate of drug-likeness (QED) is 0.543. The van der Waals surface area contributed by atoms with Gasteiger partial charge in [0.15, 0.2) is 0 Å². The van der Waals surface area contributed by atoms with Gasteiger partial charge in [0.25, 0.3) is 0 Å². The van der Waals surface area contributed by atoms with Crippen LogP contribution in [0.25, 0.3) is 0 Å². The Morgan fingerprint density at radius 3 is 1.32 bits per heavy atom. The van der Waals surface area contributed by atoms with Crippen molar-refractivity contribution in [2.24, 2.45) is 0 Å². The van der Waals surface area contributed by atoms with Gasteiger partial charge in [0.2, 0.25) is 0 Å². The third-order valence-electron chi connectivity index (χ3n) is 1.34. The molecule has 0 amide bonds. The molecule has 0 bridgehead atoms. The second kappa shape index (κ2) is 10.7. The molecule has 1 aliphatic heterocycles. The summed E-state index contributed by atoms with van der Waals surface area (Å²) in [6.45, 7) is 4.32. The minimum absolute atomic E-state index is 0. The molecule has 0 fully saturated rings. The average Bonchev–Trinajstić information content (AvgIpc) is 2.44. The van der Waals surface area contributed by atoms with Crippen LogP contribution in [-0.2, 0) is 0 Å². The molecule has 0 aromatic rings. The monoisotopic (exact) mass is 310 g/mol. The molecule has 112 valence electrons. The van der Waals surface area contributed by atoms with E-state index in [-0.39, 0.29) is 29.6 Å². The molecule has 0 unspecified atom stereocenters. The SMILES string of the molecule is CCN1C=CN(C)C1.F[B-](F)(F)F.F[B-](F)(F)F.[NaH]. The van der Waals surface area contributed by atoms with Crippen molar-refractivity contribution < 1.29 is 34.5 Å². The van der Waals surface area contributed by atoms with E-state index < -0.39 is 14.5 Å². The predicted molar refractivity (Wildman–Crippen MR) is 61.7 cm³/mol. The molecule has 0 saturated carbocycles. The maximum atomic E-state index is 9.75. The van der Waals surface area contributed by atoms with Crippen LogP contribution < -0.4 is 0 Å². The second-order valence-corrected chi connectivity index (χ2v) is 3.09. The average molecular weight is 310 g/mol. The number of halogens is 8. The Morgan fingerprint density at radius 2 is 1.21 bits per heavy atom. The summed E-state index contributed by atoms with van der Waals surface area (Å²) >= 11 is 0. The van der Waals surface area contributed by atoms with Crippen LogP contribution in [-0.4, -0.2) is 74.1 Å². The molecule has 0 N–H and O–H groups in total. The first-order valence-electron chi connectivity index (χ1n) is 4.70. The molecule has 0 aliphatic carbocycles. The van der Waals surface area contributed by atoms with Crippen LogP contribution in [0.2, 0.25) is 0 Å². The Labute approximate surface area is 128 Å². The van der Waals surface area contributed by atoms with E-state index in [9.17, 15) is 34.5 Å². The molecule has 1 aliphatic rings. The third-order valence-corrected chi connectivity index (χ3v) is 1.34. The molecule has 0 radical (unpaired) electrons. The van der Waals surface area contributed by atoms with Crippen molar-refractivity contribution in [2.75, 3.05) is 20.3 Å². The molecular weight excluding hydrogens is 297 g/mol. The van der Waals surface area contributed by atoms with Crippen molar-refractivity contribution in [3.63, 3.8) is 0 Å². The number of hydrogen-bond acceptors (Lipinski definition) is 2. The Kier molecular flexibility index (Phi) is 13.5. The summed E-state index contributed by atoms with van der Waals surface area (Å²) in [6, 6.07) is 0. The topological polar surface area (TPSA) is 6.48 Å². The fraction of sp³-hybridized carbons (Fsp3) is 0.667. The zero-order chi connectivity index (χ0) is 15.0. The molecule has 13 heteroatoms. The normalized spacial score (nSPS) is 14.0. The van der Waals surface area contributed by atoms with Gasteiger partial charge in [0.05, 0.1) is 6.67 Å². The standard InChI is InChI=1S/C6H12N2.2BF4.Na.H/c1-3-8-5-4-7(2)6-8;2*2-1(3,4)5;;/h4-5H,3,6H2,1-2H3;;;;/q;2*-1;;. The van der Waals surface area contributed by atoms with E-state index in [1.165, 1.54) is 0 Å². The van der Waals surface area contributed by atoms with E-state index in [1.54, 1.807) is 0 Å². The van der Waals surface area contributed by atoms with E-state index in [4.69, 9.17) is 0 Å². The summed E-state index contributed by atoms with van der Waals surface area (Å²) in [6.07, 6.45) is 4.20. The van der Waals surface area contributed by atoms with Crippen LogP contribution in [0.5, 0.6) is 0 Å². The van der Waals surface area contributed by atoms with Crippen LogP contribution in [0.3, 0.4) is 0 Å². The Balaban J connectivity index is -0.000000208. The molecule has 0 aromatic heterocycles. The molecule has 0 atom stereocenters. The van der Waals surface area contributed by atoms with Crippen molar-refractivity contribution in [1.29, 1.82) is 0 Å². The van der Waals surface area contributed by atoms with Gasteiger partial charge >= 0.3 is 44.1 Å². The number of hydrogen-bond donors (Lipinski definition) is 0. The predicted octanol–water partition coefficient (Wildman–Crippen LogP) is 2.63. The summed E-state index contributed by atoms with van der Waals surface area (Å²) in [7, 11) is -9.92. The third kappa shape index (κ3) is 38.1. The van der Waals surface area contributed by atoms with Crippen molar-refractivity contribution in [2.45, 2.75) is 6.92 Å². The van der Waals surface area contributed by atoms with Crippen molar-refractivity contribution in [3.05, 3.63) is 12.4 Å². The van der Waals surface area contributed by atoms with Gasteiger partial charge in [-0.15, -0.1) is 0 Å². The Hall–Kier alpha value is -0.0901. The fourth-order valence-electron chi connectivity index (χ4n) is 0.794. The second-order valence-electron chi connectivity index (χ2n) is 3.09. The van der Waals surface area contributed by atoms with Crippen LogP contribution in [0.1, 0.15) is 6.92 Å². The summed E-state index contributed by atoms with van der Waals surface area (Å²) < 4.78 is 78.0. The minimum atomic E-state index is -6.00. The first kappa shape index (κ1) is 24.0. The van der Waals surface area contributed by atoms with Crippen molar-refractivity contribution in [1.82, 2.24) is 9.80 Å². The maximum absolute atomic E-state index is 9.75. The summed E-state index contributed by atoms with van der Waals surface area (Å²) in [5.41, 5.74) is 0. The zero-order valence-electron chi connectivity index (χ0n) is 9.64. The Morgan fingerprint density at radius 1 is 0.895 bits per heavy atom. The van der Waals surface area contributed by atoms with Gasteiger partial charge in [-0.1, -0.05) is 0 Å². The molecular formula is C6H13B2F8N2Na-2. The van der Waals surface area contributed by atoms with Crippen LogP contribution in [0, 0.1) is 0 Å². The van der Waals surface area contributed by atoms with Gasteiger partial charge in [-0.2, -0.15) is 0 Å². The van der Waals surface area contributed by atoms with E-state index in [1.807, 2.05) is 0 Å². The van der Waals surface area contributed by atoms with Gasteiger partial charge < -0.3 is 44.3 Å². The first-order valence-corrected chi connectivity index (χ1v) is 4.70.